The van der Waals surface area contributed by atoms with Crippen molar-refractivity contribution in [3.63, 3.8) is 0 Å². The average Bonchev–Trinajstić information content (AvgIpc) is 2.61. The second-order valence-electron chi connectivity index (χ2n) is 7.55. The van der Waals surface area contributed by atoms with Gasteiger partial charge in [-0.1, -0.05) is 76.2 Å². The molecule has 0 aliphatic rings. The molecule has 2 rings (SSSR count). The van der Waals surface area contributed by atoms with Crippen LogP contribution >= 0.6 is 0 Å². The van der Waals surface area contributed by atoms with Gasteiger partial charge in [0.2, 0.25) is 11.8 Å². The summed E-state index contributed by atoms with van der Waals surface area (Å²) in [6.07, 6.45) is -0.193. The molecule has 0 heterocycles. The monoisotopic (exact) mass is 366 g/mol. The predicted molar refractivity (Wildman–Crippen MR) is 111 cm³/mol. The zero-order chi connectivity index (χ0) is 20.0. The summed E-state index contributed by atoms with van der Waals surface area (Å²) in [5.74, 6) is -0.00315. The van der Waals surface area contributed by atoms with E-state index in [4.69, 9.17) is 0 Å². The summed E-state index contributed by atoms with van der Waals surface area (Å²) in [5, 5.41) is 5.87. The SMILES string of the molecule is CC(C)c1cccc(C(C)C)c1NC(=O)CC(=O)NC(C)c1ccccc1. The number of para-hydroxylation sites is 1. The fourth-order valence-corrected chi connectivity index (χ4v) is 3.14. The van der Waals surface area contributed by atoms with Crippen LogP contribution in [0.15, 0.2) is 48.5 Å². The van der Waals surface area contributed by atoms with Gasteiger partial charge < -0.3 is 10.6 Å². The van der Waals surface area contributed by atoms with Gasteiger partial charge in [0.15, 0.2) is 0 Å². The molecule has 0 spiro atoms. The van der Waals surface area contributed by atoms with Crippen LogP contribution in [0, 0.1) is 0 Å². The van der Waals surface area contributed by atoms with Crippen LogP contribution in [-0.2, 0) is 9.59 Å². The highest BCUT2D eigenvalue weighted by Gasteiger charge is 2.18. The molecule has 0 radical (unpaired) electrons. The molecule has 1 unspecified atom stereocenters. The maximum absolute atomic E-state index is 12.5. The molecule has 0 aliphatic heterocycles. The Morgan fingerprint density at radius 2 is 1.33 bits per heavy atom. The van der Waals surface area contributed by atoms with Crippen molar-refractivity contribution in [2.75, 3.05) is 5.32 Å². The normalized spacial score (nSPS) is 12.1. The minimum atomic E-state index is -0.289. The quantitative estimate of drug-likeness (QED) is 0.667. The zero-order valence-corrected chi connectivity index (χ0v) is 16.9. The Bertz CT molecular complexity index is 756. The summed E-state index contributed by atoms with van der Waals surface area (Å²) in [4.78, 5) is 24.8. The van der Waals surface area contributed by atoms with Crippen LogP contribution in [0.2, 0.25) is 0 Å². The Morgan fingerprint density at radius 3 is 1.85 bits per heavy atom. The van der Waals surface area contributed by atoms with Crippen LogP contribution in [0.3, 0.4) is 0 Å². The van der Waals surface area contributed by atoms with Gasteiger partial charge in [-0.3, -0.25) is 9.59 Å². The van der Waals surface area contributed by atoms with E-state index in [1.165, 1.54) is 0 Å². The minimum Gasteiger partial charge on any atom is -0.349 e. The van der Waals surface area contributed by atoms with Crippen molar-refractivity contribution in [3.8, 4) is 0 Å². The Kier molecular flexibility index (Phi) is 7.17. The molecule has 2 aromatic rings. The molecule has 0 aliphatic carbocycles. The van der Waals surface area contributed by atoms with E-state index in [1.807, 2.05) is 55.5 Å². The van der Waals surface area contributed by atoms with Gasteiger partial charge in [0.1, 0.15) is 6.42 Å². The minimum absolute atomic E-state index is 0.138. The second kappa shape index (κ2) is 9.36. The zero-order valence-electron chi connectivity index (χ0n) is 16.9. The van der Waals surface area contributed by atoms with E-state index < -0.39 is 0 Å². The first-order chi connectivity index (χ1) is 12.8. The van der Waals surface area contributed by atoms with E-state index in [2.05, 4.69) is 38.3 Å². The van der Waals surface area contributed by atoms with Gasteiger partial charge in [-0.05, 0) is 35.4 Å². The van der Waals surface area contributed by atoms with Crippen LogP contribution in [0.25, 0.3) is 0 Å². The molecule has 0 saturated heterocycles. The van der Waals surface area contributed by atoms with Crippen molar-refractivity contribution >= 4 is 17.5 Å². The third kappa shape index (κ3) is 5.68. The van der Waals surface area contributed by atoms with E-state index in [0.29, 0.717) is 0 Å². The molecule has 4 nitrogen and oxygen atoms in total. The predicted octanol–water partition coefficient (Wildman–Crippen LogP) is 5.14. The van der Waals surface area contributed by atoms with Crippen LogP contribution < -0.4 is 10.6 Å². The number of nitrogens with one attached hydrogen (secondary N) is 2. The molecule has 1 atom stereocenters. The standard InChI is InChI=1S/C23H30N2O2/c1-15(2)19-12-9-13-20(16(3)4)23(19)25-22(27)14-21(26)24-17(5)18-10-7-6-8-11-18/h6-13,15-17H,14H2,1-5H3,(H,24,26)(H,25,27). The Balaban J connectivity index is 2.06. The Morgan fingerprint density at radius 1 is 0.778 bits per heavy atom. The van der Waals surface area contributed by atoms with Crippen molar-refractivity contribution in [2.24, 2.45) is 0 Å². The van der Waals surface area contributed by atoms with Crippen molar-refractivity contribution in [1.82, 2.24) is 5.32 Å². The first-order valence-electron chi connectivity index (χ1n) is 9.56. The van der Waals surface area contributed by atoms with Crippen LogP contribution in [0.5, 0.6) is 0 Å². The first kappa shape index (κ1) is 20.7. The topological polar surface area (TPSA) is 58.2 Å². The molecule has 0 saturated carbocycles. The summed E-state index contributed by atoms with van der Waals surface area (Å²) >= 11 is 0. The van der Waals surface area contributed by atoms with Crippen molar-refractivity contribution in [2.45, 2.75) is 58.9 Å². The molecular weight excluding hydrogens is 336 g/mol. The van der Waals surface area contributed by atoms with Gasteiger partial charge in [0.25, 0.3) is 0 Å². The summed E-state index contributed by atoms with van der Waals surface area (Å²) in [6, 6.07) is 15.7. The maximum atomic E-state index is 12.5. The number of hydrogen-bond donors (Lipinski definition) is 2. The number of amides is 2. The number of benzene rings is 2. The highest BCUT2D eigenvalue weighted by Crippen LogP contribution is 2.32. The number of hydrogen-bond acceptors (Lipinski definition) is 2. The van der Waals surface area contributed by atoms with Crippen LogP contribution in [-0.4, -0.2) is 11.8 Å². The summed E-state index contributed by atoms with van der Waals surface area (Å²) in [5.41, 5.74) is 4.04. The van der Waals surface area contributed by atoms with E-state index >= 15 is 0 Å². The van der Waals surface area contributed by atoms with Crippen LogP contribution in [0.1, 0.15) is 75.6 Å². The number of anilines is 1. The molecule has 27 heavy (non-hydrogen) atoms. The third-order valence-electron chi connectivity index (χ3n) is 4.64. The van der Waals surface area contributed by atoms with Gasteiger partial charge >= 0.3 is 0 Å². The average molecular weight is 367 g/mol. The van der Waals surface area contributed by atoms with Crippen molar-refractivity contribution < 1.29 is 9.59 Å². The van der Waals surface area contributed by atoms with E-state index in [-0.39, 0.29) is 36.1 Å². The molecule has 0 fully saturated rings. The third-order valence-corrected chi connectivity index (χ3v) is 4.64. The lowest BCUT2D eigenvalue weighted by Crippen LogP contribution is -2.30. The number of carbonyl (C=O) groups is 2. The first-order valence-corrected chi connectivity index (χ1v) is 9.56. The van der Waals surface area contributed by atoms with Gasteiger partial charge in [-0.15, -0.1) is 0 Å². The van der Waals surface area contributed by atoms with Gasteiger partial charge in [-0.2, -0.15) is 0 Å². The summed E-state index contributed by atoms with van der Waals surface area (Å²) in [6.45, 7) is 10.3. The number of rotatable bonds is 7. The molecule has 2 amide bonds. The molecule has 2 N–H and O–H groups in total. The highest BCUT2D eigenvalue weighted by molar-refractivity contribution is 6.04. The van der Waals surface area contributed by atoms with E-state index in [0.717, 1.165) is 22.4 Å². The second-order valence-corrected chi connectivity index (χ2v) is 7.55. The highest BCUT2D eigenvalue weighted by atomic mass is 16.2. The smallest absolute Gasteiger partial charge is 0.233 e. The molecular formula is C23H30N2O2. The lowest BCUT2D eigenvalue weighted by atomic mass is 9.92. The summed E-state index contributed by atoms with van der Waals surface area (Å²) in [7, 11) is 0. The Labute approximate surface area is 162 Å². The molecule has 2 aromatic carbocycles. The molecule has 144 valence electrons. The van der Waals surface area contributed by atoms with Crippen LogP contribution in [0.4, 0.5) is 5.69 Å². The van der Waals surface area contributed by atoms with Crippen molar-refractivity contribution in [1.29, 1.82) is 0 Å². The van der Waals surface area contributed by atoms with Gasteiger partial charge in [0.05, 0.1) is 6.04 Å². The fourth-order valence-electron chi connectivity index (χ4n) is 3.14. The van der Waals surface area contributed by atoms with E-state index in [1.54, 1.807) is 0 Å². The maximum Gasteiger partial charge on any atom is 0.233 e. The molecule has 0 bridgehead atoms. The lowest BCUT2D eigenvalue weighted by molar-refractivity contribution is -0.127. The van der Waals surface area contributed by atoms with Gasteiger partial charge in [0, 0.05) is 5.69 Å². The van der Waals surface area contributed by atoms with Crippen molar-refractivity contribution in [3.05, 3.63) is 65.2 Å². The largest absolute Gasteiger partial charge is 0.349 e. The Hall–Kier alpha value is -2.62. The molecule has 0 aromatic heterocycles. The lowest BCUT2D eigenvalue weighted by Gasteiger charge is -2.20. The van der Waals surface area contributed by atoms with E-state index in [9.17, 15) is 9.59 Å². The fraction of sp³-hybridized carbons (Fsp3) is 0.391. The number of carbonyl (C=O) groups excluding carboxylic acids is 2. The molecule has 4 heteroatoms. The van der Waals surface area contributed by atoms with Gasteiger partial charge in [-0.25, -0.2) is 0 Å². The summed E-state index contributed by atoms with van der Waals surface area (Å²) < 4.78 is 0.